The first-order chi connectivity index (χ1) is 20.0. The summed E-state index contributed by atoms with van der Waals surface area (Å²) in [5.41, 5.74) is 1.09. The quantitative estimate of drug-likeness (QED) is 0.171. The summed E-state index contributed by atoms with van der Waals surface area (Å²) in [4.78, 5) is 27.1. The summed E-state index contributed by atoms with van der Waals surface area (Å²) in [6.07, 6.45) is 2.30. The monoisotopic (exact) mass is 614 g/mol. The lowest BCUT2D eigenvalue weighted by Gasteiger charge is -2.24. The zero-order chi connectivity index (χ0) is 29.9. The Balaban J connectivity index is 1.26. The van der Waals surface area contributed by atoms with Crippen LogP contribution in [0.3, 0.4) is 0 Å². The van der Waals surface area contributed by atoms with Gasteiger partial charge in [0.1, 0.15) is 31.3 Å². The van der Waals surface area contributed by atoms with Crippen molar-refractivity contribution in [2.75, 3.05) is 37.5 Å². The SMILES string of the molecule is CS(=O)(=O)OCCOc1ccc(CN2C(=O)C(=O)c3cc(S(=O)(=O)N4CCCC4COc4ccccc4)ccc32)cc1. The predicted molar refractivity (Wildman–Crippen MR) is 154 cm³/mol. The van der Waals surface area contributed by atoms with Gasteiger partial charge in [0.15, 0.2) is 0 Å². The number of amides is 1. The van der Waals surface area contributed by atoms with Gasteiger partial charge < -0.3 is 14.4 Å². The van der Waals surface area contributed by atoms with Crippen LogP contribution in [0.5, 0.6) is 11.5 Å². The van der Waals surface area contributed by atoms with Gasteiger partial charge in [-0.25, -0.2) is 8.42 Å². The molecule has 5 rings (SSSR count). The molecule has 3 aromatic rings. The van der Waals surface area contributed by atoms with E-state index in [9.17, 15) is 26.4 Å². The number of ketones is 1. The van der Waals surface area contributed by atoms with Gasteiger partial charge in [0.25, 0.3) is 21.8 Å². The molecule has 222 valence electrons. The lowest BCUT2D eigenvalue weighted by molar-refractivity contribution is -0.114. The molecule has 0 aliphatic carbocycles. The van der Waals surface area contributed by atoms with Crippen LogP contribution >= 0.6 is 0 Å². The molecule has 0 aromatic heterocycles. The average Bonchev–Trinajstić information content (AvgIpc) is 3.54. The molecule has 1 fully saturated rings. The maximum atomic E-state index is 13.6. The maximum absolute atomic E-state index is 13.6. The second-order valence-corrected chi connectivity index (χ2v) is 13.5. The van der Waals surface area contributed by atoms with Gasteiger partial charge in [-0.2, -0.15) is 12.7 Å². The van der Waals surface area contributed by atoms with Gasteiger partial charge in [0.05, 0.1) is 35.0 Å². The summed E-state index contributed by atoms with van der Waals surface area (Å²) >= 11 is 0. The highest BCUT2D eigenvalue weighted by atomic mass is 32.2. The van der Waals surface area contributed by atoms with E-state index in [2.05, 4.69) is 4.18 Å². The van der Waals surface area contributed by atoms with Crippen molar-refractivity contribution in [1.82, 2.24) is 4.31 Å². The van der Waals surface area contributed by atoms with Crippen molar-refractivity contribution >= 4 is 37.5 Å². The molecule has 11 nitrogen and oxygen atoms in total. The Labute approximate surface area is 244 Å². The molecule has 0 saturated carbocycles. The van der Waals surface area contributed by atoms with Crippen molar-refractivity contribution in [3.8, 4) is 11.5 Å². The van der Waals surface area contributed by atoms with E-state index < -0.39 is 31.8 Å². The molecule has 0 N–H and O–H groups in total. The number of Topliss-reactive ketones (excluding diaryl/α,β-unsaturated/α-hetero) is 1. The highest BCUT2D eigenvalue weighted by molar-refractivity contribution is 7.89. The minimum Gasteiger partial charge on any atom is -0.492 e. The Morgan fingerprint density at radius 1 is 0.857 bits per heavy atom. The van der Waals surface area contributed by atoms with E-state index in [-0.39, 0.29) is 42.9 Å². The summed E-state index contributed by atoms with van der Waals surface area (Å²) in [6, 6.07) is 19.8. The molecule has 0 bridgehead atoms. The number of nitrogens with zero attached hydrogens (tertiary/aromatic N) is 2. The molecule has 0 spiro atoms. The first kappa shape index (κ1) is 29.7. The molecular weight excluding hydrogens is 584 g/mol. The highest BCUT2D eigenvalue weighted by Crippen LogP contribution is 2.35. The van der Waals surface area contributed by atoms with Crippen LogP contribution < -0.4 is 14.4 Å². The fourth-order valence-corrected chi connectivity index (χ4v) is 7.03. The average molecular weight is 615 g/mol. The minimum atomic E-state index is -3.94. The Hall–Kier alpha value is -3.78. The van der Waals surface area contributed by atoms with Crippen LogP contribution in [0, 0.1) is 0 Å². The van der Waals surface area contributed by atoms with E-state index in [1.165, 1.54) is 27.4 Å². The molecule has 3 aromatic carbocycles. The Bertz CT molecular complexity index is 1680. The Kier molecular flexibility index (Phi) is 8.64. The van der Waals surface area contributed by atoms with Crippen molar-refractivity contribution in [3.05, 3.63) is 83.9 Å². The number of carbonyl (C=O) groups is 2. The number of hydrogen-bond acceptors (Lipinski definition) is 9. The van der Waals surface area contributed by atoms with E-state index in [0.29, 0.717) is 42.1 Å². The third kappa shape index (κ3) is 6.65. The van der Waals surface area contributed by atoms with Gasteiger partial charge in [-0.1, -0.05) is 30.3 Å². The third-order valence-corrected chi connectivity index (χ3v) is 9.51. The fourth-order valence-electron chi connectivity index (χ4n) is 4.95. The molecule has 1 saturated heterocycles. The smallest absolute Gasteiger partial charge is 0.299 e. The molecule has 13 heteroatoms. The molecule has 2 aliphatic heterocycles. The van der Waals surface area contributed by atoms with Crippen LogP contribution in [0.2, 0.25) is 0 Å². The second kappa shape index (κ2) is 12.2. The summed E-state index contributed by atoms with van der Waals surface area (Å²) in [5, 5.41) is 0. The van der Waals surface area contributed by atoms with Gasteiger partial charge in [-0.05, 0) is 60.9 Å². The second-order valence-electron chi connectivity index (χ2n) is 9.95. The van der Waals surface area contributed by atoms with E-state index in [1.807, 2.05) is 30.3 Å². The molecule has 1 atom stereocenters. The van der Waals surface area contributed by atoms with Crippen LogP contribution in [0.1, 0.15) is 28.8 Å². The summed E-state index contributed by atoms with van der Waals surface area (Å²) in [5.74, 6) is -0.375. The molecular formula is C29H30N2O9S2. The van der Waals surface area contributed by atoms with Gasteiger partial charge >= 0.3 is 0 Å². The van der Waals surface area contributed by atoms with Gasteiger partial charge in [0, 0.05) is 6.54 Å². The van der Waals surface area contributed by atoms with E-state index >= 15 is 0 Å². The molecule has 0 radical (unpaired) electrons. The summed E-state index contributed by atoms with van der Waals surface area (Å²) in [7, 11) is -7.49. The lowest BCUT2D eigenvalue weighted by atomic mass is 10.1. The zero-order valence-corrected chi connectivity index (χ0v) is 24.5. The van der Waals surface area contributed by atoms with E-state index in [4.69, 9.17) is 9.47 Å². The molecule has 2 aliphatic rings. The largest absolute Gasteiger partial charge is 0.492 e. The molecule has 1 unspecified atom stereocenters. The number of benzene rings is 3. The molecule has 1 amide bonds. The molecule has 2 heterocycles. The van der Waals surface area contributed by atoms with Gasteiger partial charge in [0.2, 0.25) is 10.0 Å². The zero-order valence-electron chi connectivity index (χ0n) is 22.8. The third-order valence-electron chi connectivity index (χ3n) is 6.97. The van der Waals surface area contributed by atoms with Gasteiger partial charge in [-0.15, -0.1) is 0 Å². The van der Waals surface area contributed by atoms with Crippen molar-refractivity contribution < 1.29 is 40.1 Å². The summed E-state index contributed by atoms with van der Waals surface area (Å²) in [6.45, 7) is 0.539. The summed E-state index contributed by atoms with van der Waals surface area (Å²) < 4.78 is 66.6. The number of para-hydroxylation sites is 1. The number of sulfonamides is 1. The first-order valence-corrected chi connectivity index (χ1v) is 16.5. The van der Waals surface area contributed by atoms with Crippen LogP contribution in [-0.2, 0) is 35.7 Å². The van der Waals surface area contributed by atoms with Crippen LogP contribution in [0.4, 0.5) is 5.69 Å². The molecule has 42 heavy (non-hydrogen) atoms. The topological polar surface area (TPSA) is 137 Å². The normalized spacial score (nSPS) is 17.5. The van der Waals surface area contributed by atoms with Crippen molar-refractivity contribution in [1.29, 1.82) is 0 Å². The van der Waals surface area contributed by atoms with Crippen molar-refractivity contribution in [3.63, 3.8) is 0 Å². The van der Waals surface area contributed by atoms with Crippen LogP contribution in [0.25, 0.3) is 0 Å². The number of fused-ring (bicyclic) bond motifs is 1. The highest BCUT2D eigenvalue weighted by Gasteiger charge is 2.40. The van der Waals surface area contributed by atoms with Gasteiger partial charge in [-0.3, -0.25) is 13.8 Å². The van der Waals surface area contributed by atoms with E-state index in [1.54, 1.807) is 24.3 Å². The van der Waals surface area contributed by atoms with Crippen molar-refractivity contribution in [2.45, 2.75) is 30.3 Å². The number of carbonyl (C=O) groups excluding carboxylic acids is 2. The Morgan fingerprint density at radius 3 is 2.29 bits per heavy atom. The van der Waals surface area contributed by atoms with E-state index in [0.717, 1.165) is 6.26 Å². The lowest BCUT2D eigenvalue weighted by Crippen LogP contribution is -2.39. The standard InChI is InChI=1S/C29H30N2O9S2/c1-41(34,35)40-17-16-38-24-11-9-21(10-12-24)19-30-27-14-13-25(18-26(27)28(32)29(30)33)42(36,37)31-15-5-6-22(31)20-39-23-7-3-2-4-8-23/h2-4,7-14,18,22H,5-6,15-17,19-20H2,1H3. The van der Waals surface area contributed by atoms with Crippen molar-refractivity contribution in [2.24, 2.45) is 0 Å². The number of rotatable bonds is 12. The van der Waals surface area contributed by atoms with Crippen LogP contribution in [0.15, 0.2) is 77.7 Å². The van der Waals surface area contributed by atoms with Crippen LogP contribution in [-0.4, -0.2) is 71.5 Å². The Morgan fingerprint density at radius 2 is 1.57 bits per heavy atom. The fraction of sp³-hybridized carbons (Fsp3) is 0.310. The minimum absolute atomic E-state index is 0.0301. The number of hydrogen-bond donors (Lipinski definition) is 0. The first-order valence-electron chi connectivity index (χ1n) is 13.3. The number of anilines is 1. The predicted octanol–water partition coefficient (Wildman–Crippen LogP) is 3.00. The number of ether oxygens (including phenoxy) is 2. The maximum Gasteiger partial charge on any atom is 0.299 e.